The molecule has 0 saturated carbocycles. The van der Waals surface area contributed by atoms with E-state index in [9.17, 15) is 0 Å². The molecule has 1 aromatic rings. The van der Waals surface area contributed by atoms with Gasteiger partial charge in [-0.2, -0.15) is 0 Å². The van der Waals surface area contributed by atoms with Gasteiger partial charge in [-0.15, -0.1) is 19.7 Å². The summed E-state index contributed by atoms with van der Waals surface area (Å²) in [5, 5.41) is 1.41. The molecule has 0 nitrogen and oxygen atoms in total. The number of allylic oxidation sites excluding steroid dienone is 3. The first-order chi connectivity index (χ1) is 8.58. The van der Waals surface area contributed by atoms with Crippen LogP contribution in [0.2, 0.25) is 15.1 Å². The fraction of sp³-hybridized carbons (Fsp3) is 0.200. The Bertz CT molecular complexity index is 456. The summed E-state index contributed by atoms with van der Waals surface area (Å²) in [4.78, 5) is 0. The molecule has 1 rings (SSSR count). The predicted octanol–water partition coefficient (Wildman–Crippen LogP) is 5.45. The van der Waals surface area contributed by atoms with Gasteiger partial charge in [-0.05, 0) is 36.0 Å². The topological polar surface area (TPSA) is 0 Å². The zero-order chi connectivity index (χ0) is 13.7. The molecule has 4 radical (unpaired) electrons. The van der Waals surface area contributed by atoms with Gasteiger partial charge in [0.25, 0.3) is 0 Å². The van der Waals surface area contributed by atoms with Crippen molar-refractivity contribution in [1.82, 2.24) is 0 Å². The molecule has 0 N–H and O–H groups in total. The zero-order valence-corrected chi connectivity index (χ0v) is 15.7. The number of halogens is 3. The third kappa shape index (κ3) is 4.29. The third-order valence-electron chi connectivity index (χ3n) is 2.69. The molecule has 4 heteroatoms. The van der Waals surface area contributed by atoms with Gasteiger partial charge in [-0.3, -0.25) is 0 Å². The van der Waals surface area contributed by atoms with Crippen molar-refractivity contribution in [2.24, 2.45) is 0 Å². The van der Waals surface area contributed by atoms with E-state index in [1.165, 1.54) is 0 Å². The molecule has 0 unspecified atom stereocenters. The third-order valence-corrected chi connectivity index (χ3v) is 4.09. The first kappa shape index (κ1) is 19.1. The molecular weight excluding hydrogens is 405 g/mol. The van der Waals surface area contributed by atoms with Crippen LogP contribution in [0, 0.1) is 0 Å². The summed E-state index contributed by atoms with van der Waals surface area (Å²) < 4.78 is 0. The van der Waals surface area contributed by atoms with Gasteiger partial charge in [0.2, 0.25) is 0 Å². The van der Waals surface area contributed by atoms with Crippen LogP contribution in [-0.2, 0) is 19.3 Å². The Morgan fingerprint density at radius 3 is 1.26 bits per heavy atom. The van der Waals surface area contributed by atoms with Gasteiger partial charge in [-0.1, -0.05) is 53.0 Å². The molecule has 0 bridgehead atoms. The van der Waals surface area contributed by atoms with Gasteiger partial charge < -0.3 is 0 Å². The van der Waals surface area contributed by atoms with E-state index in [0.717, 1.165) is 16.7 Å². The molecule has 100 valence electrons. The van der Waals surface area contributed by atoms with Crippen molar-refractivity contribution in [1.29, 1.82) is 0 Å². The molecule has 0 aromatic heterocycles. The van der Waals surface area contributed by atoms with Gasteiger partial charge in [-0.25, -0.2) is 0 Å². The second kappa shape index (κ2) is 9.12. The van der Waals surface area contributed by atoms with Gasteiger partial charge >= 0.3 is 0 Å². The standard InChI is InChI=1S/C15H15Cl3.Sn/c1-4-7-10-11(8-5-2)13(16)15(18)14(17)12(10)9-6-3;/h4-6H,1-3,7-9H2;. The normalized spacial score (nSPS) is 9.63. The van der Waals surface area contributed by atoms with Crippen LogP contribution in [0.1, 0.15) is 16.7 Å². The van der Waals surface area contributed by atoms with E-state index in [0.29, 0.717) is 34.3 Å². The monoisotopic (exact) mass is 420 g/mol. The second-order valence-electron chi connectivity index (χ2n) is 3.86. The summed E-state index contributed by atoms with van der Waals surface area (Å²) in [7, 11) is 0. The molecular formula is C15H15Cl3Sn. The van der Waals surface area contributed by atoms with Gasteiger partial charge in [0.15, 0.2) is 0 Å². The molecule has 0 aliphatic carbocycles. The van der Waals surface area contributed by atoms with Crippen LogP contribution >= 0.6 is 34.8 Å². The fourth-order valence-corrected chi connectivity index (χ4v) is 2.76. The maximum atomic E-state index is 6.27. The molecule has 0 heterocycles. The summed E-state index contributed by atoms with van der Waals surface area (Å²) in [6.07, 6.45) is 7.44. The molecule has 0 fully saturated rings. The molecule has 1 aromatic carbocycles. The molecule has 0 aliphatic heterocycles. The van der Waals surface area contributed by atoms with E-state index in [4.69, 9.17) is 34.8 Å². The number of benzene rings is 1. The van der Waals surface area contributed by atoms with Gasteiger partial charge in [0.05, 0.1) is 15.1 Å². The molecule has 0 amide bonds. The minimum absolute atomic E-state index is 0. The Morgan fingerprint density at radius 2 is 0.947 bits per heavy atom. The molecule has 19 heavy (non-hydrogen) atoms. The molecule has 0 atom stereocenters. The fourth-order valence-electron chi connectivity index (χ4n) is 1.91. The van der Waals surface area contributed by atoms with Crippen molar-refractivity contribution in [2.75, 3.05) is 0 Å². The Hall–Kier alpha value is 0.109. The van der Waals surface area contributed by atoms with E-state index in [1.54, 1.807) is 12.2 Å². The summed E-state index contributed by atoms with van der Waals surface area (Å²) in [5.41, 5.74) is 3.01. The SMILES string of the molecule is C=CCc1c(Cl)c(Cl)c(Cl)c(CC=C)c1CC=C.[Sn]. The summed E-state index contributed by atoms with van der Waals surface area (Å²) in [6.45, 7) is 11.3. The van der Waals surface area contributed by atoms with E-state index in [1.807, 2.05) is 6.08 Å². The quantitative estimate of drug-likeness (QED) is 0.326. The molecule has 0 spiro atoms. The maximum Gasteiger partial charge on any atom is 0.0784 e. The van der Waals surface area contributed by atoms with E-state index >= 15 is 0 Å². The van der Waals surface area contributed by atoms with Crippen LogP contribution in [0.3, 0.4) is 0 Å². The van der Waals surface area contributed by atoms with Gasteiger partial charge in [0.1, 0.15) is 0 Å². The maximum absolute atomic E-state index is 6.27. The van der Waals surface area contributed by atoms with Crippen molar-refractivity contribution in [3.8, 4) is 0 Å². The Labute approximate surface area is 147 Å². The number of hydrogen-bond donors (Lipinski definition) is 0. The predicted molar refractivity (Wildman–Crippen MR) is 88.9 cm³/mol. The van der Waals surface area contributed by atoms with E-state index in [-0.39, 0.29) is 23.9 Å². The smallest absolute Gasteiger partial charge is 0.0784 e. The summed E-state index contributed by atoms with van der Waals surface area (Å²) in [6, 6.07) is 0. The van der Waals surface area contributed by atoms with Gasteiger partial charge in [0, 0.05) is 23.9 Å². The average Bonchev–Trinajstić information content (AvgIpc) is 2.36. The van der Waals surface area contributed by atoms with Crippen molar-refractivity contribution in [3.63, 3.8) is 0 Å². The van der Waals surface area contributed by atoms with Crippen molar-refractivity contribution in [3.05, 3.63) is 69.7 Å². The van der Waals surface area contributed by atoms with Crippen molar-refractivity contribution >= 4 is 58.7 Å². The van der Waals surface area contributed by atoms with Crippen LogP contribution < -0.4 is 0 Å². The van der Waals surface area contributed by atoms with E-state index in [2.05, 4.69) is 19.7 Å². The first-order valence-corrected chi connectivity index (χ1v) is 6.71. The Kier molecular flexibility index (Phi) is 9.17. The van der Waals surface area contributed by atoms with Crippen LogP contribution in [0.5, 0.6) is 0 Å². The first-order valence-electron chi connectivity index (χ1n) is 5.58. The van der Waals surface area contributed by atoms with Crippen molar-refractivity contribution < 1.29 is 0 Å². The number of hydrogen-bond acceptors (Lipinski definition) is 0. The largest absolute Gasteiger partial charge is 0.103 e. The minimum Gasteiger partial charge on any atom is -0.103 e. The minimum atomic E-state index is 0. The summed E-state index contributed by atoms with van der Waals surface area (Å²) >= 11 is 18.7. The molecule has 0 saturated heterocycles. The Balaban J connectivity index is 0.00000324. The Morgan fingerprint density at radius 1 is 0.632 bits per heavy atom. The number of rotatable bonds is 6. The molecule has 0 aliphatic rings. The van der Waals surface area contributed by atoms with E-state index < -0.39 is 0 Å². The van der Waals surface area contributed by atoms with Crippen LogP contribution in [0.25, 0.3) is 0 Å². The van der Waals surface area contributed by atoms with Crippen LogP contribution in [-0.4, -0.2) is 23.9 Å². The van der Waals surface area contributed by atoms with Crippen LogP contribution in [0.15, 0.2) is 38.0 Å². The summed E-state index contributed by atoms with van der Waals surface area (Å²) in [5.74, 6) is 0. The average molecular weight is 420 g/mol. The van der Waals surface area contributed by atoms with Crippen LogP contribution in [0.4, 0.5) is 0 Å². The van der Waals surface area contributed by atoms with Crippen molar-refractivity contribution in [2.45, 2.75) is 19.3 Å². The zero-order valence-electron chi connectivity index (χ0n) is 10.6. The second-order valence-corrected chi connectivity index (χ2v) is 4.99.